The third-order valence-corrected chi connectivity index (χ3v) is 3.87. The van der Waals surface area contributed by atoms with E-state index in [-0.39, 0.29) is 0 Å². The Morgan fingerprint density at radius 1 is 1.00 bits per heavy atom. The Balaban J connectivity index is 2.35. The van der Waals surface area contributed by atoms with Crippen molar-refractivity contribution in [2.24, 2.45) is 0 Å². The summed E-state index contributed by atoms with van der Waals surface area (Å²) in [7, 11) is 0. The molecule has 0 bridgehead atoms. The lowest BCUT2D eigenvalue weighted by molar-refractivity contribution is 1.34. The van der Waals surface area contributed by atoms with Crippen molar-refractivity contribution in [3.63, 3.8) is 0 Å². The third-order valence-electron chi connectivity index (χ3n) is 3.31. The van der Waals surface area contributed by atoms with Gasteiger partial charge in [0.05, 0.1) is 0 Å². The number of hydrogen-bond acceptors (Lipinski definition) is 1. The monoisotopic (exact) mass is 285 g/mol. The van der Waals surface area contributed by atoms with Crippen LogP contribution >= 0.6 is 23.8 Å². The minimum absolute atomic E-state index is 0.733. The summed E-state index contributed by atoms with van der Waals surface area (Å²) in [6.45, 7) is 2.11. The van der Waals surface area contributed by atoms with E-state index in [1.165, 1.54) is 10.9 Å². The summed E-state index contributed by atoms with van der Waals surface area (Å²) in [5.41, 5.74) is 4.43. The molecule has 0 fully saturated rings. The van der Waals surface area contributed by atoms with E-state index in [1.807, 2.05) is 42.5 Å². The van der Waals surface area contributed by atoms with E-state index in [9.17, 15) is 0 Å². The molecule has 0 aliphatic rings. The summed E-state index contributed by atoms with van der Waals surface area (Å²) in [4.78, 5) is 3.29. The van der Waals surface area contributed by atoms with Crippen LogP contribution in [0.5, 0.6) is 0 Å². The molecule has 1 heterocycles. The van der Waals surface area contributed by atoms with Crippen molar-refractivity contribution in [1.82, 2.24) is 4.98 Å². The second kappa shape index (κ2) is 4.80. The van der Waals surface area contributed by atoms with Gasteiger partial charge in [0.25, 0.3) is 0 Å². The maximum absolute atomic E-state index is 5.94. The van der Waals surface area contributed by atoms with Crippen LogP contribution in [0.2, 0.25) is 5.02 Å². The predicted molar refractivity (Wildman–Crippen MR) is 84.3 cm³/mol. The van der Waals surface area contributed by atoms with E-state index >= 15 is 0 Å². The van der Waals surface area contributed by atoms with Gasteiger partial charge in [0.1, 0.15) is 4.64 Å². The molecule has 94 valence electrons. The molecule has 0 radical (unpaired) electrons. The number of fused-ring (bicyclic) bond motifs is 1. The highest BCUT2D eigenvalue weighted by Gasteiger charge is 2.08. The number of hydrogen-bond donors (Lipinski definition) is 1. The average molecular weight is 286 g/mol. The summed E-state index contributed by atoms with van der Waals surface area (Å²) in [6.07, 6.45) is 0. The highest BCUT2D eigenvalue weighted by atomic mass is 35.5. The van der Waals surface area contributed by atoms with Crippen LogP contribution in [0.1, 0.15) is 5.56 Å². The molecule has 0 saturated carbocycles. The van der Waals surface area contributed by atoms with Gasteiger partial charge in [-0.3, -0.25) is 0 Å². The third kappa shape index (κ3) is 2.18. The van der Waals surface area contributed by atoms with Crippen molar-refractivity contribution in [2.75, 3.05) is 0 Å². The zero-order valence-electron chi connectivity index (χ0n) is 10.4. The summed E-state index contributed by atoms with van der Waals surface area (Å²) >= 11 is 11.4. The molecule has 0 atom stereocenters. The molecule has 0 spiro atoms. The van der Waals surface area contributed by atoms with Gasteiger partial charge in [-0.2, -0.15) is 0 Å². The zero-order chi connectivity index (χ0) is 13.4. The van der Waals surface area contributed by atoms with E-state index in [2.05, 4.69) is 18.0 Å². The summed E-state index contributed by atoms with van der Waals surface area (Å²) in [5.74, 6) is 0. The first-order valence-corrected chi connectivity index (χ1v) is 6.83. The molecule has 0 amide bonds. The Bertz CT molecular complexity index is 803. The Morgan fingerprint density at radius 2 is 1.68 bits per heavy atom. The molecule has 19 heavy (non-hydrogen) atoms. The molecule has 0 aliphatic carbocycles. The fraction of sp³-hybridized carbons (Fsp3) is 0.0625. The van der Waals surface area contributed by atoms with E-state index in [4.69, 9.17) is 23.8 Å². The minimum Gasteiger partial charge on any atom is -0.346 e. The van der Waals surface area contributed by atoms with Crippen molar-refractivity contribution < 1.29 is 0 Å². The molecule has 0 aliphatic heterocycles. The maximum Gasteiger partial charge on any atom is 0.111 e. The Hall–Kier alpha value is -1.64. The van der Waals surface area contributed by atoms with Crippen LogP contribution in [0.25, 0.3) is 22.0 Å². The van der Waals surface area contributed by atoms with Gasteiger partial charge in [-0.15, -0.1) is 0 Å². The standard InChI is InChI=1S/C16H12ClNS/c1-10-13-4-2-3-5-14(13)18-16(19)15(10)11-6-8-12(17)9-7-11/h2-9H,1H3,(H,18,19). The van der Waals surface area contributed by atoms with Gasteiger partial charge in [0.2, 0.25) is 0 Å². The van der Waals surface area contributed by atoms with Gasteiger partial charge < -0.3 is 4.98 Å². The first-order valence-electron chi connectivity index (χ1n) is 6.04. The summed E-state index contributed by atoms with van der Waals surface area (Å²) in [6, 6.07) is 16.0. The zero-order valence-corrected chi connectivity index (χ0v) is 12.0. The molecule has 1 N–H and O–H groups in total. The Morgan fingerprint density at radius 3 is 2.42 bits per heavy atom. The van der Waals surface area contributed by atoms with Crippen molar-refractivity contribution in [3.8, 4) is 11.1 Å². The van der Waals surface area contributed by atoms with Crippen LogP contribution in [0, 0.1) is 11.6 Å². The van der Waals surface area contributed by atoms with E-state index < -0.39 is 0 Å². The first kappa shape index (κ1) is 12.4. The SMILES string of the molecule is Cc1c(-c2ccc(Cl)cc2)c(=S)[nH]c2ccccc12. The Labute approximate surface area is 121 Å². The fourth-order valence-corrected chi connectivity index (χ4v) is 2.88. The van der Waals surface area contributed by atoms with Gasteiger partial charge in [0.15, 0.2) is 0 Å². The lowest BCUT2D eigenvalue weighted by Gasteiger charge is -2.10. The summed E-state index contributed by atoms with van der Waals surface area (Å²) < 4.78 is 0.763. The lowest BCUT2D eigenvalue weighted by Crippen LogP contribution is -1.91. The molecule has 3 rings (SSSR count). The lowest BCUT2D eigenvalue weighted by atomic mass is 9.99. The van der Waals surface area contributed by atoms with Crippen LogP contribution < -0.4 is 0 Å². The fourth-order valence-electron chi connectivity index (χ4n) is 2.37. The van der Waals surface area contributed by atoms with Crippen LogP contribution in [-0.4, -0.2) is 4.98 Å². The largest absolute Gasteiger partial charge is 0.346 e. The van der Waals surface area contributed by atoms with Crippen molar-refractivity contribution in [2.45, 2.75) is 6.92 Å². The quantitative estimate of drug-likeness (QED) is 0.582. The molecule has 1 aromatic heterocycles. The normalized spacial score (nSPS) is 10.8. The minimum atomic E-state index is 0.733. The van der Waals surface area contributed by atoms with Crippen LogP contribution in [0.3, 0.4) is 0 Å². The summed E-state index contributed by atoms with van der Waals surface area (Å²) in [5, 5.41) is 1.93. The second-order valence-electron chi connectivity index (χ2n) is 4.51. The number of pyridine rings is 1. The smallest absolute Gasteiger partial charge is 0.111 e. The van der Waals surface area contributed by atoms with Crippen molar-refractivity contribution in [1.29, 1.82) is 0 Å². The van der Waals surface area contributed by atoms with E-state index in [1.54, 1.807) is 0 Å². The van der Waals surface area contributed by atoms with E-state index in [0.717, 1.165) is 26.3 Å². The van der Waals surface area contributed by atoms with Gasteiger partial charge in [-0.05, 0) is 36.2 Å². The van der Waals surface area contributed by atoms with Crippen LogP contribution in [0.4, 0.5) is 0 Å². The number of aromatic amines is 1. The molecule has 3 heteroatoms. The maximum atomic E-state index is 5.94. The Kier molecular flexibility index (Phi) is 3.13. The number of H-pyrrole nitrogens is 1. The highest BCUT2D eigenvalue weighted by Crippen LogP contribution is 2.30. The van der Waals surface area contributed by atoms with Crippen LogP contribution in [0.15, 0.2) is 48.5 Å². The number of aromatic nitrogens is 1. The number of halogens is 1. The van der Waals surface area contributed by atoms with Gasteiger partial charge in [-0.1, -0.05) is 54.2 Å². The molecule has 1 nitrogen and oxygen atoms in total. The van der Waals surface area contributed by atoms with Gasteiger partial charge >= 0.3 is 0 Å². The number of rotatable bonds is 1. The second-order valence-corrected chi connectivity index (χ2v) is 5.35. The topological polar surface area (TPSA) is 15.8 Å². The van der Waals surface area contributed by atoms with Crippen molar-refractivity contribution >= 4 is 34.7 Å². The number of nitrogens with one attached hydrogen (secondary N) is 1. The predicted octanol–water partition coefficient (Wildman–Crippen LogP) is 5.53. The van der Waals surface area contributed by atoms with Crippen LogP contribution in [-0.2, 0) is 0 Å². The number of para-hydroxylation sites is 1. The van der Waals surface area contributed by atoms with Crippen molar-refractivity contribution in [3.05, 3.63) is 63.8 Å². The number of aryl methyl sites for hydroxylation is 1. The molecule has 2 aromatic carbocycles. The van der Waals surface area contributed by atoms with E-state index in [0.29, 0.717) is 0 Å². The first-order chi connectivity index (χ1) is 9.16. The highest BCUT2D eigenvalue weighted by molar-refractivity contribution is 7.71. The molecule has 0 saturated heterocycles. The molecular weight excluding hydrogens is 274 g/mol. The average Bonchev–Trinajstić information content (AvgIpc) is 2.41. The van der Waals surface area contributed by atoms with Gasteiger partial charge in [0, 0.05) is 21.5 Å². The molecule has 0 unspecified atom stereocenters. The molecular formula is C16H12ClNS. The number of benzene rings is 2. The van der Waals surface area contributed by atoms with Gasteiger partial charge in [-0.25, -0.2) is 0 Å². The molecule has 3 aromatic rings.